The van der Waals surface area contributed by atoms with E-state index in [4.69, 9.17) is 5.73 Å². The molecular weight excluding hydrogens is 318 g/mol. The number of hydrogen-bond acceptors (Lipinski definition) is 4. The Morgan fingerprint density at radius 3 is 2.50 bits per heavy atom. The smallest absolute Gasteiger partial charge is 0.157 e. The lowest BCUT2D eigenvalue weighted by atomic mass is 10.3. The first-order valence-corrected chi connectivity index (χ1v) is 8.58. The number of rotatable bonds is 6. The van der Waals surface area contributed by atoms with Gasteiger partial charge < -0.3 is 5.73 Å². The Kier molecular flexibility index (Phi) is 5.36. The fourth-order valence-corrected chi connectivity index (χ4v) is 4.38. The largest absolute Gasteiger partial charge is 0.327 e. The van der Waals surface area contributed by atoms with Crippen LogP contribution in [0.25, 0.3) is 0 Å². The van der Waals surface area contributed by atoms with E-state index >= 15 is 0 Å². The third-order valence-corrected chi connectivity index (χ3v) is 5.42. The first kappa shape index (κ1) is 15.7. The van der Waals surface area contributed by atoms with E-state index in [2.05, 4.69) is 21.0 Å². The van der Waals surface area contributed by atoms with Crippen LogP contribution >= 0.6 is 15.9 Å². The van der Waals surface area contributed by atoms with E-state index in [1.807, 2.05) is 13.8 Å². The van der Waals surface area contributed by atoms with Crippen LogP contribution in [0.1, 0.15) is 31.7 Å². The van der Waals surface area contributed by atoms with Gasteiger partial charge in [0.1, 0.15) is 0 Å². The highest BCUT2D eigenvalue weighted by Crippen LogP contribution is 2.23. The molecule has 5 nitrogen and oxygen atoms in total. The summed E-state index contributed by atoms with van der Waals surface area (Å²) in [6.45, 7) is 3.87. The number of aryl methyl sites for hydroxylation is 2. The van der Waals surface area contributed by atoms with Crippen molar-refractivity contribution in [1.82, 2.24) is 9.78 Å². The molecule has 0 aliphatic rings. The summed E-state index contributed by atoms with van der Waals surface area (Å²) in [6, 6.07) is -0.298. The molecule has 0 saturated carbocycles. The molecule has 104 valence electrons. The molecule has 1 atom stereocenters. The second-order valence-corrected chi connectivity index (χ2v) is 7.31. The van der Waals surface area contributed by atoms with Crippen molar-refractivity contribution in [3.05, 3.63) is 15.9 Å². The summed E-state index contributed by atoms with van der Waals surface area (Å²) >= 11 is 3.42. The highest BCUT2D eigenvalue weighted by Gasteiger charge is 2.21. The highest BCUT2D eigenvalue weighted by atomic mass is 79.9. The molecule has 1 rings (SSSR count). The molecule has 0 spiro atoms. The quantitative estimate of drug-likeness (QED) is 0.850. The van der Waals surface area contributed by atoms with E-state index in [0.717, 1.165) is 16.6 Å². The molecule has 7 heteroatoms. The molecule has 18 heavy (non-hydrogen) atoms. The molecule has 0 amide bonds. The average Bonchev–Trinajstić information content (AvgIpc) is 2.55. The van der Waals surface area contributed by atoms with E-state index < -0.39 is 9.84 Å². The van der Waals surface area contributed by atoms with Gasteiger partial charge in [0.15, 0.2) is 9.84 Å². The minimum Gasteiger partial charge on any atom is -0.327 e. The summed E-state index contributed by atoms with van der Waals surface area (Å²) in [5, 5.41) is 4.29. The van der Waals surface area contributed by atoms with Crippen molar-refractivity contribution in [2.75, 3.05) is 5.75 Å². The van der Waals surface area contributed by atoms with Gasteiger partial charge >= 0.3 is 0 Å². The first-order valence-electron chi connectivity index (χ1n) is 5.97. The predicted molar refractivity (Wildman–Crippen MR) is 76.0 cm³/mol. The van der Waals surface area contributed by atoms with Crippen LogP contribution in [0.2, 0.25) is 0 Å². The summed E-state index contributed by atoms with van der Waals surface area (Å²) < 4.78 is 26.5. The maximum atomic E-state index is 12.0. The minimum absolute atomic E-state index is 0.0164. The van der Waals surface area contributed by atoms with E-state index in [-0.39, 0.29) is 17.5 Å². The Balaban J connectivity index is 2.94. The molecular formula is C11H20BrN3O2S. The molecule has 1 aromatic heterocycles. The van der Waals surface area contributed by atoms with Crippen LogP contribution < -0.4 is 5.73 Å². The first-order chi connectivity index (χ1) is 8.30. The number of sulfone groups is 1. The van der Waals surface area contributed by atoms with Crippen LogP contribution in [-0.4, -0.2) is 30.0 Å². The highest BCUT2D eigenvalue weighted by molar-refractivity contribution is 9.10. The second-order valence-electron chi connectivity index (χ2n) is 4.41. The van der Waals surface area contributed by atoms with Crippen molar-refractivity contribution in [3.8, 4) is 0 Å². The van der Waals surface area contributed by atoms with Crippen LogP contribution in [0.4, 0.5) is 0 Å². The minimum atomic E-state index is -3.20. The summed E-state index contributed by atoms with van der Waals surface area (Å²) in [5.41, 5.74) is 7.27. The molecule has 0 bridgehead atoms. The molecule has 0 aliphatic heterocycles. The lowest BCUT2D eigenvalue weighted by molar-refractivity contribution is 0.579. The van der Waals surface area contributed by atoms with Gasteiger partial charge in [0.25, 0.3) is 0 Å². The fraction of sp³-hybridized carbons (Fsp3) is 0.727. The number of hydrogen-bond donors (Lipinski definition) is 1. The monoisotopic (exact) mass is 337 g/mol. The third-order valence-electron chi connectivity index (χ3n) is 2.85. The maximum Gasteiger partial charge on any atom is 0.157 e. The van der Waals surface area contributed by atoms with Crippen LogP contribution in [0.5, 0.6) is 0 Å². The van der Waals surface area contributed by atoms with Gasteiger partial charge in [-0.1, -0.05) is 13.8 Å². The van der Waals surface area contributed by atoms with E-state index in [1.54, 1.807) is 11.7 Å². The lowest BCUT2D eigenvalue weighted by Gasteiger charge is -2.10. The summed E-state index contributed by atoms with van der Waals surface area (Å²) in [4.78, 5) is 0. The molecule has 0 aliphatic carbocycles. The normalized spacial score (nSPS) is 13.8. The van der Waals surface area contributed by atoms with Crippen molar-refractivity contribution in [1.29, 1.82) is 0 Å². The molecule has 1 unspecified atom stereocenters. The SMILES string of the molecule is CCc1nn(C)c(CS(=O)(=O)CC(N)CC)c1Br. The molecule has 1 heterocycles. The summed E-state index contributed by atoms with van der Waals surface area (Å²) in [7, 11) is -1.44. The van der Waals surface area contributed by atoms with E-state index in [1.165, 1.54) is 0 Å². The lowest BCUT2D eigenvalue weighted by Crippen LogP contribution is -2.29. The average molecular weight is 338 g/mol. The van der Waals surface area contributed by atoms with Gasteiger partial charge in [-0.05, 0) is 28.8 Å². The van der Waals surface area contributed by atoms with Crippen molar-refractivity contribution in [3.63, 3.8) is 0 Å². The third kappa shape index (κ3) is 3.80. The topological polar surface area (TPSA) is 78.0 Å². The number of halogens is 1. The van der Waals surface area contributed by atoms with Gasteiger partial charge in [0, 0.05) is 13.1 Å². The summed E-state index contributed by atoms with van der Waals surface area (Å²) in [6.07, 6.45) is 1.43. The van der Waals surface area contributed by atoms with Crippen LogP contribution in [0.3, 0.4) is 0 Å². The van der Waals surface area contributed by atoms with Crippen molar-refractivity contribution in [2.45, 2.75) is 38.5 Å². The van der Waals surface area contributed by atoms with Gasteiger partial charge in [0.05, 0.1) is 27.4 Å². The summed E-state index contributed by atoms with van der Waals surface area (Å²) in [5.74, 6) is -0.00659. The molecule has 2 N–H and O–H groups in total. The van der Waals surface area contributed by atoms with Crippen molar-refractivity contribution < 1.29 is 8.42 Å². The molecule has 0 radical (unpaired) electrons. The molecule has 0 saturated heterocycles. The van der Waals surface area contributed by atoms with Gasteiger partial charge in [-0.3, -0.25) is 4.68 Å². The number of nitrogens with two attached hydrogens (primary N) is 1. The van der Waals surface area contributed by atoms with Gasteiger partial charge in [0.2, 0.25) is 0 Å². The molecule has 1 aromatic rings. The van der Waals surface area contributed by atoms with E-state index in [0.29, 0.717) is 12.1 Å². The molecule has 0 aromatic carbocycles. The van der Waals surface area contributed by atoms with Gasteiger partial charge in [-0.2, -0.15) is 5.10 Å². The Labute approximate surface area is 117 Å². The van der Waals surface area contributed by atoms with Crippen molar-refractivity contribution >= 4 is 25.8 Å². The standard InChI is InChI=1S/C11H20BrN3O2S/c1-4-8(13)6-18(16,17)7-10-11(12)9(5-2)14-15(10)3/h8H,4-7,13H2,1-3H3. The zero-order valence-corrected chi connectivity index (χ0v) is 13.4. The number of aromatic nitrogens is 2. The zero-order chi connectivity index (χ0) is 13.9. The second kappa shape index (κ2) is 6.16. The van der Waals surface area contributed by atoms with Crippen LogP contribution in [0.15, 0.2) is 4.47 Å². The predicted octanol–water partition coefficient (Wildman–Crippen LogP) is 1.40. The van der Waals surface area contributed by atoms with Crippen LogP contribution in [-0.2, 0) is 29.1 Å². The van der Waals surface area contributed by atoms with E-state index in [9.17, 15) is 8.42 Å². The van der Waals surface area contributed by atoms with Gasteiger partial charge in [-0.25, -0.2) is 8.42 Å². The Morgan fingerprint density at radius 2 is 2.06 bits per heavy atom. The zero-order valence-electron chi connectivity index (χ0n) is 11.0. The Bertz CT molecular complexity index is 511. The fourth-order valence-electron chi connectivity index (χ4n) is 1.69. The molecule has 0 fully saturated rings. The Morgan fingerprint density at radius 1 is 1.44 bits per heavy atom. The number of nitrogens with zero attached hydrogens (tertiary/aromatic N) is 2. The van der Waals surface area contributed by atoms with Crippen molar-refractivity contribution in [2.24, 2.45) is 12.8 Å². The Hall–Kier alpha value is -0.400. The maximum absolute atomic E-state index is 12.0. The van der Waals surface area contributed by atoms with Crippen LogP contribution in [0, 0.1) is 0 Å². The van der Waals surface area contributed by atoms with Gasteiger partial charge in [-0.15, -0.1) is 0 Å².